The predicted octanol–water partition coefficient (Wildman–Crippen LogP) is 1.41. The molecule has 1 fully saturated rings. The highest BCUT2D eigenvalue weighted by Gasteiger charge is 2.28. The average Bonchev–Trinajstić information content (AvgIpc) is 2.79. The normalized spacial score (nSPS) is 16.4. The SMILES string of the molecule is Cn1cnc([N+](=O)[O-])c1N1CCC(CCC(=O)O)CC1. The second-order valence-corrected chi connectivity index (χ2v) is 5.12. The lowest BCUT2D eigenvalue weighted by molar-refractivity contribution is -0.388. The number of carbonyl (C=O) groups is 1. The molecule has 0 bridgehead atoms. The molecule has 2 rings (SSSR count). The maximum atomic E-state index is 11.0. The highest BCUT2D eigenvalue weighted by molar-refractivity contribution is 5.66. The van der Waals surface area contributed by atoms with Crippen LogP contribution >= 0.6 is 0 Å². The van der Waals surface area contributed by atoms with E-state index in [-0.39, 0.29) is 12.2 Å². The Morgan fingerprint density at radius 1 is 1.55 bits per heavy atom. The summed E-state index contributed by atoms with van der Waals surface area (Å²) in [6.45, 7) is 1.40. The molecular formula is C12H18N4O4. The number of anilines is 1. The van der Waals surface area contributed by atoms with Gasteiger partial charge in [0.25, 0.3) is 0 Å². The molecule has 0 saturated carbocycles. The van der Waals surface area contributed by atoms with E-state index in [4.69, 9.17) is 5.11 Å². The zero-order valence-electron chi connectivity index (χ0n) is 11.4. The fourth-order valence-electron chi connectivity index (χ4n) is 2.67. The van der Waals surface area contributed by atoms with Gasteiger partial charge in [-0.25, -0.2) is 0 Å². The third-order valence-electron chi connectivity index (χ3n) is 3.74. The molecule has 1 aliphatic rings. The summed E-state index contributed by atoms with van der Waals surface area (Å²) >= 11 is 0. The zero-order chi connectivity index (χ0) is 14.7. The van der Waals surface area contributed by atoms with Gasteiger partial charge in [0.1, 0.15) is 0 Å². The van der Waals surface area contributed by atoms with E-state index in [2.05, 4.69) is 4.98 Å². The molecule has 1 N–H and O–H groups in total. The Balaban J connectivity index is 1.99. The van der Waals surface area contributed by atoms with Gasteiger partial charge in [-0.3, -0.25) is 9.36 Å². The topological polar surface area (TPSA) is 101 Å². The van der Waals surface area contributed by atoms with Crippen LogP contribution in [0.3, 0.4) is 0 Å². The van der Waals surface area contributed by atoms with Gasteiger partial charge in [-0.15, -0.1) is 0 Å². The van der Waals surface area contributed by atoms with Crippen LogP contribution in [0.2, 0.25) is 0 Å². The quantitative estimate of drug-likeness (QED) is 0.647. The Morgan fingerprint density at radius 2 is 2.20 bits per heavy atom. The summed E-state index contributed by atoms with van der Waals surface area (Å²) in [7, 11) is 1.74. The minimum absolute atomic E-state index is 0.114. The maximum absolute atomic E-state index is 11.0. The van der Waals surface area contributed by atoms with Crippen molar-refractivity contribution in [1.82, 2.24) is 9.55 Å². The Bertz CT molecular complexity index is 506. The number of imidazole rings is 1. The van der Waals surface area contributed by atoms with Gasteiger partial charge in [0.05, 0.1) is 0 Å². The Kier molecular flexibility index (Phi) is 4.21. The number of aryl methyl sites for hydroxylation is 1. The van der Waals surface area contributed by atoms with Crippen molar-refractivity contribution in [3.05, 3.63) is 16.4 Å². The van der Waals surface area contributed by atoms with E-state index in [1.807, 2.05) is 4.90 Å². The third kappa shape index (κ3) is 3.06. The zero-order valence-corrected chi connectivity index (χ0v) is 11.4. The maximum Gasteiger partial charge on any atom is 0.406 e. The molecule has 0 radical (unpaired) electrons. The fourth-order valence-corrected chi connectivity index (χ4v) is 2.67. The molecular weight excluding hydrogens is 264 g/mol. The molecule has 0 unspecified atom stereocenters. The minimum Gasteiger partial charge on any atom is -0.481 e. The van der Waals surface area contributed by atoms with Gasteiger partial charge in [0.15, 0.2) is 0 Å². The van der Waals surface area contributed by atoms with Gasteiger partial charge in [-0.1, -0.05) is 0 Å². The molecule has 0 aromatic carbocycles. The standard InChI is InChI=1S/C12H18N4O4/c1-14-8-13-11(16(19)20)12(14)15-6-4-9(5-7-15)2-3-10(17)18/h8-9H,2-7H2,1H3,(H,17,18). The largest absolute Gasteiger partial charge is 0.481 e. The molecule has 8 heteroatoms. The number of carboxylic acid groups (broad SMARTS) is 1. The summed E-state index contributed by atoms with van der Waals surface area (Å²) < 4.78 is 1.66. The van der Waals surface area contributed by atoms with Crippen LogP contribution in [-0.4, -0.2) is 38.6 Å². The van der Waals surface area contributed by atoms with Crippen LogP contribution in [0.1, 0.15) is 25.7 Å². The lowest BCUT2D eigenvalue weighted by Gasteiger charge is -2.32. The lowest BCUT2D eigenvalue weighted by atomic mass is 9.92. The van der Waals surface area contributed by atoms with Gasteiger partial charge >= 0.3 is 11.8 Å². The summed E-state index contributed by atoms with van der Waals surface area (Å²) in [5, 5.41) is 19.6. The predicted molar refractivity (Wildman–Crippen MR) is 71.7 cm³/mol. The monoisotopic (exact) mass is 282 g/mol. The lowest BCUT2D eigenvalue weighted by Crippen LogP contribution is -2.35. The molecule has 0 spiro atoms. The molecule has 0 aliphatic carbocycles. The molecule has 0 amide bonds. The Hall–Kier alpha value is -2.12. The van der Waals surface area contributed by atoms with Crippen molar-refractivity contribution in [2.45, 2.75) is 25.7 Å². The Morgan fingerprint density at radius 3 is 2.75 bits per heavy atom. The second-order valence-electron chi connectivity index (χ2n) is 5.12. The van der Waals surface area contributed by atoms with E-state index in [1.165, 1.54) is 6.33 Å². The van der Waals surface area contributed by atoms with E-state index in [9.17, 15) is 14.9 Å². The molecule has 0 atom stereocenters. The molecule has 1 aromatic rings. The summed E-state index contributed by atoms with van der Waals surface area (Å²) in [5.41, 5.74) is 0. The number of nitrogens with zero attached hydrogens (tertiary/aromatic N) is 4. The first-order chi connectivity index (χ1) is 9.49. The second kappa shape index (κ2) is 5.89. The number of aliphatic carboxylic acids is 1. The number of nitro groups is 1. The van der Waals surface area contributed by atoms with E-state index in [0.29, 0.717) is 31.2 Å². The highest BCUT2D eigenvalue weighted by Crippen LogP contribution is 2.31. The number of hydrogen-bond acceptors (Lipinski definition) is 5. The molecule has 1 aromatic heterocycles. The summed E-state index contributed by atoms with van der Waals surface area (Å²) in [4.78, 5) is 26.8. The molecule has 2 heterocycles. The molecule has 20 heavy (non-hydrogen) atoms. The highest BCUT2D eigenvalue weighted by atomic mass is 16.6. The Labute approximate surface area is 116 Å². The van der Waals surface area contributed by atoms with Crippen molar-refractivity contribution in [2.75, 3.05) is 18.0 Å². The fraction of sp³-hybridized carbons (Fsp3) is 0.667. The van der Waals surface area contributed by atoms with Crippen LogP contribution in [0.15, 0.2) is 6.33 Å². The number of piperidine rings is 1. The molecule has 8 nitrogen and oxygen atoms in total. The number of rotatable bonds is 5. The van der Waals surface area contributed by atoms with Crippen LogP contribution in [0.4, 0.5) is 11.6 Å². The van der Waals surface area contributed by atoms with E-state index in [0.717, 1.165) is 12.8 Å². The van der Waals surface area contributed by atoms with Crippen LogP contribution in [0.25, 0.3) is 0 Å². The molecule has 1 saturated heterocycles. The van der Waals surface area contributed by atoms with E-state index < -0.39 is 10.9 Å². The molecule has 1 aliphatic heterocycles. The van der Waals surface area contributed by atoms with Crippen molar-refractivity contribution >= 4 is 17.6 Å². The minimum atomic E-state index is -0.769. The first-order valence-corrected chi connectivity index (χ1v) is 6.61. The van der Waals surface area contributed by atoms with E-state index >= 15 is 0 Å². The van der Waals surface area contributed by atoms with Gasteiger partial charge in [0.2, 0.25) is 12.1 Å². The van der Waals surface area contributed by atoms with Crippen molar-refractivity contribution in [3.63, 3.8) is 0 Å². The number of aromatic nitrogens is 2. The van der Waals surface area contributed by atoms with Crippen molar-refractivity contribution in [1.29, 1.82) is 0 Å². The van der Waals surface area contributed by atoms with Crippen LogP contribution in [-0.2, 0) is 11.8 Å². The first kappa shape index (κ1) is 14.3. The van der Waals surface area contributed by atoms with Gasteiger partial charge in [-0.05, 0) is 35.1 Å². The van der Waals surface area contributed by atoms with Gasteiger partial charge in [-0.2, -0.15) is 0 Å². The number of hydrogen-bond donors (Lipinski definition) is 1. The van der Waals surface area contributed by atoms with Crippen molar-refractivity contribution in [3.8, 4) is 0 Å². The summed E-state index contributed by atoms with van der Waals surface area (Å²) in [5.74, 6) is 0.0347. The first-order valence-electron chi connectivity index (χ1n) is 6.61. The van der Waals surface area contributed by atoms with Crippen molar-refractivity contribution < 1.29 is 14.8 Å². The molecule has 110 valence electrons. The van der Waals surface area contributed by atoms with Gasteiger partial charge in [0, 0.05) is 26.6 Å². The van der Waals surface area contributed by atoms with E-state index in [1.54, 1.807) is 11.6 Å². The van der Waals surface area contributed by atoms with Crippen LogP contribution in [0, 0.1) is 16.0 Å². The summed E-state index contributed by atoms with van der Waals surface area (Å²) in [6, 6.07) is 0. The summed E-state index contributed by atoms with van der Waals surface area (Å²) in [6.07, 6.45) is 4.03. The number of carboxylic acids is 1. The third-order valence-corrected chi connectivity index (χ3v) is 3.74. The van der Waals surface area contributed by atoms with Crippen LogP contribution in [0.5, 0.6) is 0 Å². The average molecular weight is 282 g/mol. The van der Waals surface area contributed by atoms with Crippen LogP contribution < -0.4 is 4.90 Å². The van der Waals surface area contributed by atoms with Crippen molar-refractivity contribution in [2.24, 2.45) is 13.0 Å². The smallest absolute Gasteiger partial charge is 0.406 e. The van der Waals surface area contributed by atoms with Gasteiger partial charge < -0.3 is 20.1 Å².